The summed E-state index contributed by atoms with van der Waals surface area (Å²) in [6, 6.07) is 0. The Morgan fingerprint density at radius 1 is 1.21 bits per heavy atom. The van der Waals surface area contributed by atoms with E-state index in [1.165, 1.54) is 12.8 Å². The molecular formula is C18H26O. The molecule has 0 fully saturated rings. The summed E-state index contributed by atoms with van der Waals surface area (Å²) in [4.78, 5) is 11.3. The molecule has 2 aliphatic rings. The van der Waals surface area contributed by atoms with E-state index in [1.807, 2.05) is 0 Å². The zero-order valence-electron chi connectivity index (χ0n) is 12.4. The molecule has 0 saturated carbocycles. The lowest BCUT2D eigenvalue weighted by Gasteiger charge is -2.28. The van der Waals surface area contributed by atoms with Crippen LogP contribution >= 0.6 is 0 Å². The van der Waals surface area contributed by atoms with Gasteiger partial charge in [0.05, 0.1) is 0 Å². The van der Waals surface area contributed by atoms with E-state index in [0.717, 1.165) is 5.92 Å². The fraction of sp³-hybridized carbons (Fsp3) is 0.611. The van der Waals surface area contributed by atoms with E-state index < -0.39 is 0 Å². The summed E-state index contributed by atoms with van der Waals surface area (Å²) < 4.78 is 0. The summed E-state index contributed by atoms with van der Waals surface area (Å²) in [5.41, 5.74) is 0. The first kappa shape index (κ1) is 14.3. The van der Waals surface area contributed by atoms with Gasteiger partial charge in [-0.1, -0.05) is 51.2 Å². The average Bonchev–Trinajstić information content (AvgIpc) is 2.39. The third-order valence-corrected chi connectivity index (χ3v) is 4.73. The number of carbonyl (C=O) groups is 1. The van der Waals surface area contributed by atoms with Gasteiger partial charge < -0.3 is 0 Å². The number of hydrogen-bond donors (Lipinski definition) is 0. The molecular weight excluding hydrogens is 232 g/mol. The van der Waals surface area contributed by atoms with Crippen molar-refractivity contribution < 1.29 is 4.79 Å². The number of hydrogen-bond acceptors (Lipinski definition) is 1. The standard InChI is InChI=1S/C18H26O/c1-4-15-6-5-13(2)17(12-15)8-7-16-9-10-18(19)11-14(16)3/h5-10,13-17H,4,11-12H2,1-3H3. The largest absolute Gasteiger partial charge is 0.295 e. The van der Waals surface area contributed by atoms with Crippen molar-refractivity contribution in [3.8, 4) is 0 Å². The summed E-state index contributed by atoms with van der Waals surface area (Å²) in [7, 11) is 0. The summed E-state index contributed by atoms with van der Waals surface area (Å²) in [5, 5.41) is 0. The van der Waals surface area contributed by atoms with Crippen molar-refractivity contribution in [3.63, 3.8) is 0 Å². The average molecular weight is 258 g/mol. The summed E-state index contributed by atoms with van der Waals surface area (Å²) >= 11 is 0. The minimum atomic E-state index is 0.275. The molecule has 2 aliphatic carbocycles. The van der Waals surface area contributed by atoms with E-state index in [1.54, 1.807) is 6.08 Å². The van der Waals surface area contributed by atoms with Gasteiger partial charge in [0.2, 0.25) is 0 Å². The molecule has 0 amide bonds. The molecule has 0 radical (unpaired) electrons. The van der Waals surface area contributed by atoms with Gasteiger partial charge in [0.25, 0.3) is 0 Å². The Labute approximate surface area is 117 Å². The molecule has 19 heavy (non-hydrogen) atoms. The quantitative estimate of drug-likeness (QED) is 0.678. The van der Waals surface area contributed by atoms with Crippen LogP contribution in [0.1, 0.15) is 40.0 Å². The Balaban J connectivity index is 2.00. The molecule has 0 N–H and O–H groups in total. The van der Waals surface area contributed by atoms with Crippen molar-refractivity contribution in [1.29, 1.82) is 0 Å². The molecule has 0 heterocycles. The first-order chi connectivity index (χ1) is 9.10. The monoisotopic (exact) mass is 258 g/mol. The minimum absolute atomic E-state index is 0.275. The molecule has 0 aliphatic heterocycles. The van der Waals surface area contributed by atoms with Crippen LogP contribution < -0.4 is 0 Å². The van der Waals surface area contributed by atoms with Gasteiger partial charge in [-0.25, -0.2) is 0 Å². The van der Waals surface area contributed by atoms with Gasteiger partial charge in [-0.05, 0) is 48.5 Å². The van der Waals surface area contributed by atoms with Gasteiger partial charge >= 0.3 is 0 Å². The molecule has 2 rings (SSSR count). The second-order valence-electron chi connectivity index (χ2n) is 6.28. The van der Waals surface area contributed by atoms with E-state index >= 15 is 0 Å². The minimum Gasteiger partial charge on any atom is -0.295 e. The molecule has 0 aromatic rings. The van der Waals surface area contributed by atoms with Gasteiger partial charge in [0.1, 0.15) is 0 Å². The van der Waals surface area contributed by atoms with Gasteiger partial charge in [0.15, 0.2) is 5.78 Å². The Hall–Kier alpha value is -1.11. The van der Waals surface area contributed by atoms with Crippen LogP contribution in [0.2, 0.25) is 0 Å². The lowest BCUT2D eigenvalue weighted by atomic mass is 9.77. The lowest BCUT2D eigenvalue weighted by molar-refractivity contribution is -0.115. The highest BCUT2D eigenvalue weighted by molar-refractivity contribution is 5.90. The number of ketones is 1. The zero-order chi connectivity index (χ0) is 13.8. The highest BCUT2D eigenvalue weighted by atomic mass is 16.1. The smallest absolute Gasteiger partial charge is 0.155 e. The maximum Gasteiger partial charge on any atom is 0.155 e. The van der Waals surface area contributed by atoms with Crippen LogP contribution in [0.25, 0.3) is 0 Å². The predicted octanol–water partition coefficient (Wildman–Crippen LogP) is 4.56. The molecule has 1 heteroatoms. The van der Waals surface area contributed by atoms with Crippen molar-refractivity contribution in [2.75, 3.05) is 0 Å². The van der Waals surface area contributed by atoms with Gasteiger partial charge in [-0.2, -0.15) is 0 Å². The topological polar surface area (TPSA) is 17.1 Å². The van der Waals surface area contributed by atoms with E-state index in [4.69, 9.17) is 0 Å². The first-order valence-corrected chi connectivity index (χ1v) is 7.67. The van der Waals surface area contributed by atoms with Crippen LogP contribution in [-0.2, 0) is 4.79 Å². The van der Waals surface area contributed by atoms with E-state index in [2.05, 4.69) is 51.2 Å². The second-order valence-corrected chi connectivity index (χ2v) is 6.28. The molecule has 0 spiro atoms. The molecule has 0 saturated heterocycles. The van der Waals surface area contributed by atoms with Gasteiger partial charge in [-0.15, -0.1) is 0 Å². The maximum absolute atomic E-state index is 11.3. The molecule has 0 aromatic carbocycles. The Morgan fingerprint density at radius 2 is 2.00 bits per heavy atom. The molecule has 1 nitrogen and oxygen atoms in total. The zero-order valence-corrected chi connectivity index (χ0v) is 12.4. The van der Waals surface area contributed by atoms with Crippen LogP contribution in [0.3, 0.4) is 0 Å². The summed E-state index contributed by atoms with van der Waals surface area (Å²) in [6.07, 6.45) is 16.5. The van der Waals surface area contributed by atoms with E-state index in [9.17, 15) is 4.79 Å². The Morgan fingerprint density at radius 3 is 2.68 bits per heavy atom. The highest BCUT2D eigenvalue weighted by Crippen LogP contribution is 2.32. The van der Waals surface area contributed by atoms with Crippen LogP contribution in [0.15, 0.2) is 36.5 Å². The van der Waals surface area contributed by atoms with E-state index in [-0.39, 0.29) is 5.78 Å². The summed E-state index contributed by atoms with van der Waals surface area (Å²) in [6.45, 7) is 6.75. The van der Waals surface area contributed by atoms with Crippen LogP contribution in [0.4, 0.5) is 0 Å². The van der Waals surface area contributed by atoms with Gasteiger partial charge in [0, 0.05) is 6.42 Å². The third-order valence-electron chi connectivity index (χ3n) is 4.73. The molecule has 0 aromatic heterocycles. The fourth-order valence-electron chi connectivity index (χ4n) is 3.13. The molecule has 5 atom stereocenters. The van der Waals surface area contributed by atoms with Crippen molar-refractivity contribution in [3.05, 3.63) is 36.5 Å². The number of carbonyl (C=O) groups excluding carboxylic acids is 1. The van der Waals surface area contributed by atoms with E-state index in [0.29, 0.717) is 30.1 Å². The Bertz CT molecular complexity index is 402. The highest BCUT2D eigenvalue weighted by Gasteiger charge is 2.22. The number of allylic oxidation sites excluding steroid dienone is 6. The molecule has 104 valence electrons. The van der Waals surface area contributed by atoms with Crippen LogP contribution in [0.5, 0.6) is 0 Å². The fourth-order valence-corrected chi connectivity index (χ4v) is 3.13. The normalized spacial score (nSPS) is 39.1. The molecule has 5 unspecified atom stereocenters. The van der Waals surface area contributed by atoms with Crippen molar-refractivity contribution in [2.24, 2.45) is 29.6 Å². The third kappa shape index (κ3) is 3.68. The van der Waals surface area contributed by atoms with Crippen LogP contribution in [0, 0.1) is 29.6 Å². The number of rotatable bonds is 3. The Kier molecular flexibility index (Phi) is 4.79. The SMILES string of the molecule is CCC1C=CC(C)C(C=CC2C=CC(=O)CC2C)C1. The van der Waals surface area contributed by atoms with Crippen molar-refractivity contribution in [2.45, 2.75) is 40.0 Å². The van der Waals surface area contributed by atoms with Crippen LogP contribution in [-0.4, -0.2) is 5.78 Å². The van der Waals surface area contributed by atoms with Crippen molar-refractivity contribution >= 4 is 5.78 Å². The first-order valence-electron chi connectivity index (χ1n) is 7.67. The predicted molar refractivity (Wildman–Crippen MR) is 80.8 cm³/mol. The van der Waals surface area contributed by atoms with Gasteiger partial charge in [-0.3, -0.25) is 4.79 Å². The lowest BCUT2D eigenvalue weighted by Crippen LogP contribution is -2.19. The van der Waals surface area contributed by atoms with Crippen molar-refractivity contribution in [1.82, 2.24) is 0 Å². The maximum atomic E-state index is 11.3. The summed E-state index contributed by atoms with van der Waals surface area (Å²) in [5.74, 6) is 3.21. The molecule has 0 bridgehead atoms. The second kappa shape index (κ2) is 6.36.